The van der Waals surface area contributed by atoms with E-state index in [-0.39, 0.29) is 0 Å². The smallest absolute Gasteiger partial charge is 0.0615 e. The quantitative estimate of drug-likeness (QED) is 0.505. The zero-order valence-electron chi connectivity index (χ0n) is 9.42. The Morgan fingerprint density at radius 1 is 1.43 bits per heavy atom. The molecule has 3 N–H and O–H groups in total. The second-order valence-corrected chi connectivity index (χ2v) is 3.23. The van der Waals surface area contributed by atoms with Crippen LogP contribution in [0.25, 0.3) is 0 Å². The van der Waals surface area contributed by atoms with E-state index in [2.05, 4.69) is 5.32 Å². The van der Waals surface area contributed by atoms with Crippen LogP contribution in [0.2, 0.25) is 0 Å². The third-order valence-corrected chi connectivity index (χ3v) is 2.01. The van der Waals surface area contributed by atoms with Gasteiger partial charge in [-0.15, -0.1) is 0 Å². The van der Waals surface area contributed by atoms with E-state index in [1.165, 1.54) is 0 Å². The first-order valence-electron chi connectivity index (χ1n) is 5.35. The van der Waals surface area contributed by atoms with Crippen molar-refractivity contribution in [2.24, 2.45) is 5.73 Å². The summed E-state index contributed by atoms with van der Waals surface area (Å²) in [6.45, 7) is 5.91. The summed E-state index contributed by atoms with van der Waals surface area (Å²) >= 11 is 0. The number of hydrogen-bond donors (Lipinski definition) is 2. The molecule has 0 aromatic rings. The zero-order valence-corrected chi connectivity index (χ0v) is 9.42. The van der Waals surface area contributed by atoms with Gasteiger partial charge < -0.3 is 20.5 Å². The van der Waals surface area contributed by atoms with E-state index in [9.17, 15) is 0 Å². The Kier molecular flexibility index (Phi) is 10.8. The molecule has 4 heteroatoms. The Balaban J connectivity index is 3.40. The summed E-state index contributed by atoms with van der Waals surface area (Å²) in [4.78, 5) is 0. The molecular formula is C10H24N2O2. The molecule has 1 unspecified atom stereocenters. The lowest BCUT2D eigenvalue weighted by atomic mass is 10.1. The predicted molar refractivity (Wildman–Crippen MR) is 58.4 cm³/mol. The van der Waals surface area contributed by atoms with Gasteiger partial charge in [0.2, 0.25) is 0 Å². The standard InChI is InChI=1S/C10H24N2O2/c1-3-14-8-7-12-10(9-13-2)5-4-6-11/h10,12H,3-9,11H2,1-2H3. The molecule has 0 saturated heterocycles. The van der Waals surface area contributed by atoms with Gasteiger partial charge in [-0.3, -0.25) is 0 Å². The molecule has 14 heavy (non-hydrogen) atoms. The van der Waals surface area contributed by atoms with Crippen LogP contribution in [0.4, 0.5) is 0 Å². The molecule has 86 valence electrons. The van der Waals surface area contributed by atoms with Crippen molar-refractivity contribution in [1.29, 1.82) is 0 Å². The SMILES string of the molecule is CCOCCNC(CCCN)COC. The molecule has 0 rings (SSSR count). The van der Waals surface area contributed by atoms with E-state index in [1.54, 1.807) is 7.11 Å². The molecule has 1 atom stereocenters. The fourth-order valence-corrected chi connectivity index (χ4v) is 1.29. The fourth-order valence-electron chi connectivity index (χ4n) is 1.29. The summed E-state index contributed by atoms with van der Waals surface area (Å²) in [5.74, 6) is 0. The van der Waals surface area contributed by atoms with Gasteiger partial charge in [-0.1, -0.05) is 0 Å². The van der Waals surface area contributed by atoms with E-state index < -0.39 is 0 Å². The van der Waals surface area contributed by atoms with Crippen LogP contribution < -0.4 is 11.1 Å². The minimum absolute atomic E-state index is 0.406. The van der Waals surface area contributed by atoms with Crippen LogP contribution in [0, 0.1) is 0 Å². The third-order valence-electron chi connectivity index (χ3n) is 2.01. The molecular weight excluding hydrogens is 180 g/mol. The van der Waals surface area contributed by atoms with Crippen molar-refractivity contribution >= 4 is 0 Å². The summed E-state index contributed by atoms with van der Waals surface area (Å²) in [6, 6.07) is 0.406. The Hall–Kier alpha value is -0.160. The normalized spacial score (nSPS) is 13.1. The topological polar surface area (TPSA) is 56.5 Å². The average molecular weight is 204 g/mol. The second kappa shape index (κ2) is 10.9. The van der Waals surface area contributed by atoms with E-state index in [4.69, 9.17) is 15.2 Å². The highest BCUT2D eigenvalue weighted by molar-refractivity contribution is 4.65. The first-order valence-corrected chi connectivity index (χ1v) is 5.35. The highest BCUT2D eigenvalue weighted by atomic mass is 16.5. The summed E-state index contributed by atoms with van der Waals surface area (Å²) in [7, 11) is 1.72. The summed E-state index contributed by atoms with van der Waals surface area (Å²) in [5, 5.41) is 3.38. The predicted octanol–water partition coefficient (Wildman–Crippen LogP) is 0.366. The molecule has 0 fully saturated rings. The molecule has 0 aliphatic rings. The van der Waals surface area contributed by atoms with Crippen LogP contribution >= 0.6 is 0 Å². The number of nitrogens with two attached hydrogens (primary N) is 1. The van der Waals surface area contributed by atoms with E-state index in [0.717, 1.165) is 45.8 Å². The van der Waals surface area contributed by atoms with Gasteiger partial charge in [0.25, 0.3) is 0 Å². The number of rotatable bonds is 10. The molecule has 0 heterocycles. The summed E-state index contributed by atoms with van der Waals surface area (Å²) in [5.41, 5.74) is 5.46. The molecule has 0 saturated carbocycles. The van der Waals surface area contributed by atoms with Gasteiger partial charge in [0.15, 0.2) is 0 Å². The number of nitrogens with one attached hydrogen (secondary N) is 1. The van der Waals surface area contributed by atoms with Gasteiger partial charge in [-0.05, 0) is 26.3 Å². The zero-order chi connectivity index (χ0) is 10.6. The van der Waals surface area contributed by atoms with Gasteiger partial charge in [0.05, 0.1) is 13.2 Å². The van der Waals surface area contributed by atoms with Crippen molar-refractivity contribution < 1.29 is 9.47 Å². The fraction of sp³-hybridized carbons (Fsp3) is 1.00. The molecule has 0 bridgehead atoms. The van der Waals surface area contributed by atoms with Crippen molar-refractivity contribution in [3.05, 3.63) is 0 Å². The van der Waals surface area contributed by atoms with Gasteiger partial charge in [0.1, 0.15) is 0 Å². The van der Waals surface area contributed by atoms with E-state index in [1.807, 2.05) is 6.92 Å². The lowest BCUT2D eigenvalue weighted by Gasteiger charge is -2.17. The molecule has 0 aliphatic heterocycles. The monoisotopic (exact) mass is 204 g/mol. The number of hydrogen-bond acceptors (Lipinski definition) is 4. The van der Waals surface area contributed by atoms with Gasteiger partial charge in [-0.2, -0.15) is 0 Å². The molecule has 0 aromatic heterocycles. The minimum atomic E-state index is 0.406. The Labute approximate surface area is 87.1 Å². The maximum atomic E-state index is 5.46. The molecule has 0 spiro atoms. The van der Waals surface area contributed by atoms with Crippen molar-refractivity contribution in [3.63, 3.8) is 0 Å². The Morgan fingerprint density at radius 2 is 2.21 bits per heavy atom. The lowest BCUT2D eigenvalue weighted by Crippen LogP contribution is -2.36. The highest BCUT2D eigenvalue weighted by Crippen LogP contribution is 1.96. The Morgan fingerprint density at radius 3 is 2.79 bits per heavy atom. The maximum absolute atomic E-state index is 5.46. The first kappa shape index (κ1) is 13.8. The summed E-state index contributed by atoms with van der Waals surface area (Å²) < 4.78 is 10.4. The molecule has 4 nitrogen and oxygen atoms in total. The second-order valence-electron chi connectivity index (χ2n) is 3.23. The molecule has 0 radical (unpaired) electrons. The lowest BCUT2D eigenvalue weighted by molar-refractivity contribution is 0.130. The van der Waals surface area contributed by atoms with Crippen molar-refractivity contribution in [2.45, 2.75) is 25.8 Å². The highest BCUT2D eigenvalue weighted by Gasteiger charge is 2.05. The Bertz CT molecular complexity index is 112. The van der Waals surface area contributed by atoms with Gasteiger partial charge >= 0.3 is 0 Å². The van der Waals surface area contributed by atoms with Crippen molar-refractivity contribution in [2.75, 3.05) is 40.0 Å². The van der Waals surface area contributed by atoms with Crippen LogP contribution in [0.15, 0.2) is 0 Å². The largest absolute Gasteiger partial charge is 0.383 e. The number of methoxy groups -OCH3 is 1. The molecule has 0 amide bonds. The maximum Gasteiger partial charge on any atom is 0.0615 e. The molecule has 0 aliphatic carbocycles. The summed E-state index contributed by atoms with van der Waals surface area (Å²) in [6.07, 6.45) is 2.10. The van der Waals surface area contributed by atoms with Crippen LogP contribution in [0.5, 0.6) is 0 Å². The van der Waals surface area contributed by atoms with Crippen LogP contribution in [0.1, 0.15) is 19.8 Å². The number of ether oxygens (including phenoxy) is 2. The van der Waals surface area contributed by atoms with Crippen LogP contribution in [-0.4, -0.2) is 46.1 Å². The van der Waals surface area contributed by atoms with E-state index >= 15 is 0 Å². The van der Waals surface area contributed by atoms with Gasteiger partial charge in [-0.25, -0.2) is 0 Å². The minimum Gasteiger partial charge on any atom is -0.383 e. The van der Waals surface area contributed by atoms with Crippen LogP contribution in [0.3, 0.4) is 0 Å². The van der Waals surface area contributed by atoms with Gasteiger partial charge in [0, 0.05) is 26.3 Å². The van der Waals surface area contributed by atoms with Crippen molar-refractivity contribution in [3.8, 4) is 0 Å². The average Bonchev–Trinajstić information content (AvgIpc) is 2.20. The third kappa shape index (κ3) is 8.44. The van der Waals surface area contributed by atoms with E-state index in [0.29, 0.717) is 6.04 Å². The first-order chi connectivity index (χ1) is 6.85. The van der Waals surface area contributed by atoms with Crippen molar-refractivity contribution in [1.82, 2.24) is 5.32 Å². The molecule has 0 aromatic carbocycles. The van der Waals surface area contributed by atoms with Crippen LogP contribution in [-0.2, 0) is 9.47 Å².